The zero-order chi connectivity index (χ0) is 17.2. The molecule has 0 saturated carbocycles. The molecule has 0 unspecified atom stereocenters. The van der Waals surface area contributed by atoms with Crippen molar-refractivity contribution >= 4 is 33.9 Å². The van der Waals surface area contributed by atoms with E-state index in [0.29, 0.717) is 16.1 Å². The summed E-state index contributed by atoms with van der Waals surface area (Å²) >= 11 is 1.01. The van der Waals surface area contributed by atoms with Crippen LogP contribution in [-0.4, -0.2) is 15.5 Å². The van der Waals surface area contributed by atoms with Crippen molar-refractivity contribution in [2.75, 3.05) is 5.32 Å². The average molecular weight is 349 g/mol. The third kappa shape index (κ3) is 2.99. The van der Waals surface area contributed by atoms with Gasteiger partial charge in [-0.2, -0.15) is 0 Å². The number of hydrogen-bond donors (Lipinski definition) is 1. The van der Waals surface area contributed by atoms with Gasteiger partial charge in [0.05, 0.1) is 0 Å². The van der Waals surface area contributed by atoms with Crippen LogP contribution in [-0.2, 0) is 0 Å². The van der Waals surface area contributed by atoms with Crippen molar-refractivity contribution in [1.29, 1.82) is 0 Å². The molecule has 0 radical (unpaired) electrons. The molecule has 25 heavy (non-hydrogen) atoms. The fourth-order valence-electron chi connectivity index (χ4n) is 2.65. The molecule has 122 valence electrons. The minimum atomic E-state index is -0.339. The molecule has 0 fully saturated rings. The molecule has 1 amide bonds. The molecule has 4 nitrogen and oxygen atoms in total. The second-order valence-electron chi connectivity index (χ2n) is 5.44. The molecule has 0 saturated heterocycles. The summed E-state index contributed by atoms with van der Waals surface area (Å²) in [5.41, 5.74) is 1.82. The predicted octanol–water partition coefficient (Wildman–Crippen LogP) is 4.75. The zero-order valence-corrected chi connectivity index (χ0v) is 13.8. The van der Waals surface area contributed by atoms with Gasteiger partial charge in [-0.25, -0.2) is 4.39 Å². The second-order valence-corrected chi connectivity index (χ2v) is 6.19. The second kappa shape index (κ2) is 6.41. The smallest absolute Gasteiger partial charge is 0.269 e. The number of nitrogens with one attached hydrogen (secondary N) is 1. The number of rotatable bonds is 3. The largest absolute Gasteiger partial charge is 0.321 e. The van der Waals surface area contributed by atoms with Gasteiger partial charge < -0.3 is 5.32 Å². The number of amides is 1. The minimum Gasteiger partial charge on any atom is -0.321 e. The van der Waals surface area contributed by atoms with E-state index in [0.717, 1.165) is 28.0 Å². The summed E-state index contributed by atoms with van der Waals surface area (Å²) in [5.74, 6) is -0.626. The Bertz CT molecular complexity index is 1050. The Balaban J connectivity index is 1.68. The van der Waals surface area contributed by atoms with Gasteiger partial charge >= 0.3 is 0 Å². The first-order valence-electron chi connectivity index (χ1n) is 7.60. The fraction of sp³-hybridized carbons (Fsp3) is 0. The highest BCUT2D eigenvalue weighted by Gasteiger charge is 2.18. The van der Waals surface area contributed by atoms with E-state index in [1.165, 1.54) is 12.1 Å². The van der Waals surface area contributed by atoms with Crippen molar-refractivity contribution in [2.24, 2.45) is 0 Å². The summed E-state index contributed by atoms with van der Waals surface area (Å²) in [4.78, 5) is 13.1. The van der Waals surface area contributed by atoms with Crippen LogP contribution >= 0.6 is 11.5 Å². The molecule has 0 spiro atoms. The summed E-state index contributed by atoms with van der Waals surface area (Å²) in [7, 11) is 0. The Labute approximate surface area is 147 Å². The molecule has 4 aromatic rings. The third-order valence-corrected chi connectivity index (χ3v) is 4.57. The van der Waals surface area contributed by atoms with Crippen molar-refractivity contribution < 1.29 is 9.18 Å². The topological polar surface area (TPSA) is 54.9 Å². The normalized spacial score (nSPS) is 10.8. The summed E-state index contributed by atoms with van der Waals surface area (Å²) in [6, 6.07) is 19.4. The standard InChI is InChI=1S/C19H12FN3OS/c20-14-10-8-13(9-11-14)17-18(25-23-22-17)19(24)21-16-7-3-5-12-4-1-2-6-15(12)16/h1-11H,(H,21,24). The number of fused-ring (bicyclic) bond motifs is 1. The minimum absolute atomic E-state index is 0.286. The highest BCUT2D eigenvalue weighted by Crippen LogP contribution is 2.27. The molecular formula is C19H12FN3OS. The lowest BCUT2D eigenvalue weighted by Gasteiger charge is -2.08. The van der Waals surface area contributed by atoms with Gasteiger partial charge in [-0.3, -0.25) is 4.79 Å². The van der Waals surface area contributed by atoms with E-state index in [4.69, 9.17) is 0 Å². The van der Waals surface area contributed by atoms with Gasteiger partial charge in [0.2, 0.25) is 0 Å². The maximum Gasteiger partial charge on any atom is 0.269 e. The van der Waals surface area contributed by atoms with Crippen molar-refractivity contribution in [3.05, 3.63) is 77.4 Å². The summed E-state index contributed by atoms with van der Waals surface area (Å²) < 4.78 is 17.0. The van der Waals surface area contributed by atoms with Crippen molar-refractivity contribution in [1.82, 2.24) is 9.59 Å². The molecule has 1 N–H and O–H groups in total. The van der Waals surface area contributed by atoms with Gasteiger partial charge in [-0.1, -0.05) is 40.9 Å². The van der Waals surface area contributed by atoms with Gasteiger partial charge in [-0.15, -0.1) is 5.10 Å². The SMILES string of the molecule is O=C(Nc1cccc2ccccc12)c1snnc1-c1ccc(F)cc1. The molecular weight excluding hydrogens is 337 g/mol. The lowest BCUT2D eigenvalue weighted by atomic mass is 10.1. The number of aromatic nitrogens is 2. The van der Waals surface area contributed by atoms with E-state index in [-0.39, 0.29) is 11.7 Å². The maximum absolute atomic E-state index is 13.1. The van der Waals surface area contributed by atoms with Crippen LogP contribution in [0.5, 0.6) is 0 Å². The Hall–Kier alpha value is -3.12. The number of carbonyl (C=O) groups is 1. The Morgan fingerprint density at radius 2 is 1.72 bits per heavy atom. The number of nitrogens with zero attached hydrogens (tertiary/aromatic N) is 2. The van der Waals surface area contributed by atoms with Crippen LogP contribution in [0.25, 0.3) is 22.0 Å². The van der Waals surface area contributed by atoms with Crippen LogP contribution in [0.1, 0.15) is 9.67 Å². The number of hydrogen-bond acceptors (Lipinski definition) is 4. The first-order chi connectivity index (χ1) is 12.2. The Morgan fingerprint density at radius 3 is 2.56 bits per heavy atom. The fourth-order valence-corrected chi connectivity index (χ4v) is 3.23. The van der Waals surface area contributed by atoms with Crippen LogP contribution in [0.2, 0.25) is 0 Å². The van der Waals surface area contributed by atoms with Gasteiger partial charge in [0.15, 0.2) is 0 Å². The first kappa shape index (κ1) is 15.4. The van der Waals surface area contributed by atoms with Crippen LogP contribution in [0.3, 0.4) is 0 Å². The zero-order valence-electron chi connectivity index (χ0n) is 12.9. The van der Waals surface area contributed by atoms with E-state index in [2.05, 4.69) is 14.9 Å². The van der Waals surface area contributed by atoms with Crippen LogP contribution < -0.4 is 5.32 Å². The van der Waals surface area contributed by atoms with Crippen molar-refractivity contribution in [3.63, 3.8) is 0 Å². The van der Waals surface area contributed by atoms with E-state index >= 15 is 0 Å². The number of carbonyl (C=O) groups excluding carboxylic acids is 1. The summed E-state index contributed by atoms with van der Waals surface area (Å²) in [6.45, 7) is 0. The van der Waals surface area contributed by atoms with Crippen LogP contribution in [0.15, 0.2) is 66.7 Å². The lowest BCUT2D eigenvalue weighted by Crippen LogP contribution is -2.11. The molecule has 0 aliphatic heterocycles. The molecule has 6 heteroatoms. The van der Waals surface area contributed by atoms with Crippen LogP contribution in [0, 0.1) is 5.82 Å². The van der Waals surface area contributed by atoms with Crippen LogP contribution in [0.4, 0.5) is 10.1 Å². The molecule has 1 heterocycles. The van der Waals surface area contributed by atoms with Gasteiger partial charge in [-0.05, 0) is 47.3 Å². The average Bonchev–Trinajstić information content (AvgIpc) is 3.12. The van der Waals surface area contributed by atoms with Crippen molar-refractivity contribution in [3.8, 4) is 11.3 Å². The van der Waals surface area contributed by atoms with Gasteiger partial charge in [0, 0.05) is 16.6 Å². The molecule has 4 rings (SSSR count). The molecule has 0 bridgehead atoms. The van der Waals surface area contributed by atoms with Gasteiger partial charge in [0.25, 0.3) is 5.91 Å². The molecule has 0 aliphatic carbocycles. The molecule has 1 aromatic heterocycles. The monoisotopic (exact) mass is 349 g/mol. The van der Waals surface area contributed by atoms with E-state index in [1.807, 2.05) is 42.5 Å². The predicted molar refractivity (Wildman–Crippen MR) is 97.2 cm³/mol. The third-order valence-electron chi connectivity index (χ3n) is 3.85. The van der Waals surface area contributed by atoms with Gasteiger partial charge in [0.1, 0.15) is 16.4 Å². The quantitative estimate of drug-likeness (QED) is 0.581. The van der Waals surface area contributed by atoms with Crippen molar-refractivity contribution in [2.45, 2.75) is 0 Å². The summed E-state index contributed by atoms with van der Waals surface area (Å²) in [6.07, 6.45) is 0. The highest BCUT2D eigenvalue weighted by atomic mass is 32.1. The Kier molecular flexibility index (Phi) is 3.95. The first-order valence-corrected chi connectivity index (χ1v) is 8.37. The number of halogens is 1. The number of anilines is 1. The van der Waals surface area contributed by atoms with E-state index in [1.54, 1.807) is 12.1 Å². The Morgan fingerprint density at radius 1 is 0.960 bits per heavy atom. The molecule has 3 aromatic carbocycles. The molecule has 0 atom stereocenters. The lowest BCUT2D eigenvalue weighted by molar-refractivity contribution is 0.103. The maximum atomic E-state index is 13.1. The van der Waals surface area contributed by atoms with E-state index in [9.17, 15) is 9.18 Å². The van der Waals surface area contributed by atoms with E-state index < -0.39 is 0 Å². The highest BCUT2D eigenvalue weighted by molar-refractivity contribution is 7.08. The molecule has 0 aliphatic rings. The number of benzene rings is 3. The summed E-state index contributed by atoms with van der Waals surface area (Å²) in [5, 5.41) is 8.95.